The molecule has 1 atom stereocenters. The molecule has 0 unspecified atom stereocenters. The van der Waals surface area contributed by atoms with Crippen molar-refractivity contribution >= 4 is 28.7 Å². The number of piperazine rings is 1. The zero-order chi connectivity index (χ0) is 24.4. The summed E-state index contributed by atoms with van der Waals surface area (Å²) in [6.45, 7) is 9.10. The number of nitrogens with one attached hydrogen (secondary N) is 1. The molecule has 0 spiro atoms. The third-order valence-electron chi connectivity index (χ3n) is 6.51. The molecule has 2 aromatic carbocycles. The normalized spacial score (nSPS) is 16.0. The number of aromatic nitrogens is 4. The summed E-state index contributed by atoms with van der Waals surface area (Å²) in [6.07, 6.45) is 0.777. The average Bonchev–Trinajstić information content (AvgIpc) is 3.26. The summed E-state index contributed by atoms with van der Waals surface area (Å²) in [5, 5.41) is 16.3. The molecule has 0 radical (unpaired) electrons. The number of hydrogen-bond donors (Lipinski definition) is 1. The lowest BCUT2D eigenvalue weighted by Crippen LogP contribution is -2.52. The Morgan fingerprint density at radius 3 is 2.60 bits per heavy atom. The van der Waals surface area contributed by atoms with Crippen LogP contribution in [0.5, 0.6) is 0 Å². The Morgan fingerprint density at radius 2 is 1.83 bits per heavy atom. The highest BCUT2D eigenvalue weighted by Crippen LogP contribution is 2.24. The van der Waals surface area contributed by atoms with Crippen LogP contribution in [0, 0.1) is 13.8 Å². The van der Waals surface area contributed by atoms with E-state index in [4.69, 9.17) is 5.10 Å². The van der Waals surface area contributed by atoms with Gasteiger partial charge in [0, 0.05) is 49.9 Å². The van der Waals surface area contributed by atoms with Crippen molar-refractivity contribution in [3.63, 3.8) is 0 Å². The minimum absolute atomic E-state index is 0.0529. The number of hydrogen-bond acceptors (Lipinski definition) is 6. The SMILES string of the molecule is Cc1ccc(NC(=O)CCc2nnc3ccc(N4CCN(c5cccc(C)c5)[C@H](C)C4)nn23)cc1. The summed E-state index contributed by atoms with van der Waals surface area (Å²) >= 11 is 0. The highest BCUT2D eigenvalue weighted by atomic mass is 16.1. The van der Waals surface area contributed by atoms with E-state index in [-0.39, 0.29) is 5.91 Å². The van der Waals surface area contributed by atoms with Crippen LogP contribution >= 0.6 is 0 Å². The van der Waals surface area contributed by atoms with Gasteiger partial charge in [-0.05, 0) is 62.7 Å². The second kappa shape index (κ2) is 9.74. The molecule has 35 heavy (non-hydrogen) atoms. The first-order valence-electron chi connectivity index (χ1n) is 12.1. The number of benzene rings is 2. The van der Waals surface area contributed by atoms with Crippen molar-refractivity contribution < 1.29 is 4.79 Å². The summed E-state index contributed by atoms with van der Waals surface area (Å²) in [5.74, 6) is 1.54. The van der Waals surface area contributed by atoms with Gasteiger partial charge in [-0.3, -0.25) is 4.79 Å². The second-order valence-corrected chi connectivity index (χ2v) is 9.32. The van der Waals surface area contributed by atoms with Crippen LogP contribution in [0.15, 0.2) is 60.7 Å². The Morgan fingerprint density at radius 1 is 1.00 bits per heavy atom. The summed E-state index contributed by atoms with van der Waals surface area (Å²) in [4.78, 5) is 17.2. The van der Waals surface area contributed by atoms with Gasteiger partial charge in [0.25, 0.3) is 0 Å². The number of aryl methyl sites for hydroxylation is 3. The molecule has 1 N–H and O–H groups in total. The number of fused-ring (bicyclic) bond motifs is 1. The van der Waals surface area contributed by atoms with Crippen molar-refractivity contribution in [3.05, 3.63) is 77.6 Å². The quantitative estimate of drug-likeness (QED) is 0.459. The molecule has 1 fully saturated rings. The molecule has 1 aliphatic heterocycles. The topological polar surface area (TPSA) is 78.7 Å². The van der Waals surface area contributed by atoms with Crippen molar-refractivity contribution in [1.82, 2.24) is 19.8 Å². The van der Waals surface area contributed by atoms with Gasteiger partial charge < -0.3 is 15.1 Å². The Labute approximate surface area is 205 Å². The fourth-order valence-electron chi connectivity index (χ4n) is 4.59. The van der Waals surface area contributed by atoms with Gasteiger partial charge in [0.05, 0.1) is 0 Å². The first kappa shape index (κ1) is 22.8. The number of rotatable bonds is 6. The first-order valence-corrected chi connectivity index (χ1v) is 12.1. The predicted octanol–water partition coefficient (Wildman–Crippen LogP) is 4.03. The van der Waals surface area contributed by atoms with Crippen LogP contribution in [-0.2, 0) is 11.2 Å². The lowest BCUT2D eigenvalue weighted by atomic mass is 10.1. The molecule has 0 saturated carbocycles. The van der Waals surface area contributed by atoms with Crippen LogP contribution in [0.2, 0.25) is 0 Å². The van der Waals surface area contributed by atoms with E-state index in [2.05, 4.69) is 63.4 Å². The van der Waals surface area contributed by atoms with Crippen molar-refractivity contribution in [1.29, 1.82) is 0 Å². The molecule has 3 heterocycles. The first-order chi connectivity index (χ1) is 17.0. The summed E-state index contributed by atoms with van der Waals surface area (Å²) in [7, 11) is 0. The second-order valence-electron chi connectivity index (χ2n) is 9.32. The van der Waals surface area contributed by atoms with Crippen molar-refractivity contribution in [3.8, 4) is 0 Å². The average molecular weight is 470 g/mol. The van der Waals surface area contributed by atoms with E-state index in [1.807, 2.05) is 43.3 Å². The van der Waals surface area contributed by atoms with Crippen LogP contribution in [0.4, 0.5) is 17.2 Å². The third-order valence-corrected chi connectivity index (χ3v) is 6.51. The maximum absolute atomic E-state index is 12.4. The largest absolute Gasteiger partial charge is 0.365 e. The van der Waals surface area contributed by atoms with Gasteiger partial charge in [-0.2, -0.15) is 4.52 Å². The van der Waals surface area contributed by atoms with E-state index in [1.165, 1.54) is 11.3 Å². The van der Waals surface area contributed by atoms with Crippen LogP contribution in [0.1, 0.15) is 30.3 Å². The molecule has 1 amide bonds. The maximum atomic E-state index is 12.4. The van der Waals surface area contributed by atoms with Crippen LogP contribution in [0.3, 0.4) is 0 Å². The lowest BCUT2D eigenvalue weighted by Gasteiger charge is -2.41. The minimum atomic E-state index is -0.0529. The molecule has 0 aliphatic carbocycles. The van der Waals surface area contributed by atoms with E-state index in [1.54, 1.807) is 4.52 Å². The fraction of sp³-hybridized carbons (Fsp3) is 0.333. The summed E-state index contributed by atoms with van der Waals surface area (Å²) in [5.41, 5.74) is 5.19. The van der Waals surface area contributed by atoms with Gasteiger partial charge in [-0.15, -0.1) is 15.3 Å². The molecule has 5 rings (SSSR count). The summed E-state index contributed by atoms with van der Waals surface area (Å²) in [6, 6.07) is 20.8. The molecule has 8 nitrogen and oxygen atoms in total. The van der Waals surface area contributed by atoms with Gasteiger partial charge >= 0.3 is 0 Å². The number of nitrogens with zero attached hydrogens (tertiary/aromatic N) is 6. The summed E-state index contributed by atoms with van der Waals surface area (Å²) < 4.78 is 1.77. The van der Waals surface area contributed by atoms with E-state index in [0.717, 1.165) is 36.7 Å². The zero-order valence-corrected chi connectivity index (χ0v) is 20.5. The van der Waals surface area contributed by atoms with Crippen LogP contribution < -0.4 is 15.1 Å². The van der Waals surface area contributed by atoms with E-state index in [9.17, 15) is 4.79 Å². The molecule has 4 aromatic rings. The predicted molar refractivity (Wildman–Crippen MR) is 139 cm³/mol. The Balaban J connectivity index is 1.25. The highest BCUT2D eigenvalue weighted by molar-refractivity contribution is 5.90. The minimum Gasteiger partial charge on any atom is -0.365 e. The van der Waals surface area contributed by atoms with Crippen molar-refractivity contribution in [2.75, 3.05) is 34.8 Å². The van der Waals surface area contributed by atoms with Crippen LogP contribution in [-0.4, -0.2) is 51.4 Å². The number of anilines is 3. The molecule has 1 saturated heterocycles. The van der Waals surface area contributed by atoms with Crippen molar-refractivity contribution in [2.24, 2.45) is 0 Å². The zero-order valence-electron chi connectivity index (χ0n) is 20.5. The van der Waals surface area contributed by atoms with Gasteiger partial charge in [0.2, 0.25) is 5.91 Å². The van der Waals surface area contributed by atoms with E-state index in [0.29, 0.717) is 30.4 Å². The standard InChI is InChI=1S/C27H31N7O/c1-19-7-9-22(10-8-19)28-27(35)14-13-25-30-29-24-11-12-26(31-34(24)25)32-15-16-33(21(3)18-32)23-6-4-5-20(2)17-23/h4-12,17,21H,13-16,18H2,1-3H3,(H,28,35)/t21-/m1/s1. The molecule has 180 valence electrons. The van der Waals surface area contributed by atoms with Gasteiger partial charge in [0.15, 0.2) is 11.5 Å². The van der Waals surface area contributed by atoms with E-state index >= 15 is 0 Å². The fourth-order valence-corrected chi connectivity index (χ4v) is 4.59. The van der Waals surface area contributed by atoms with Gasteiger partial charge in [0.1, 0.15) is 5.82 Å². The monoisotopic (exact) mass is 469 g/mol. The van der Waals surface area contributed by atoms with Gasteiger partial charge in [-0.25, -0.2) is 0 Å². The molecule has 0 bridgehead atoms. The Bertz CT molecular complexity index is 1330. The maximum Gasteiger partial charge on any atom is 0.224 e. The lowest BCUT2D eigenvalue weighted by molar-refractivity contribution is -0.116. The smallest absolute Gasteiger partial charge is 0.224 e. The van der Waals surface area contributed by atoms with E-state index < -0.39 is 0 Å². The molecular formula is C27H31N7O. The number of carbonyl (C=O) groups is 1. The van der Waals surface area contributed by atoms with Crippen LogP contribution in [0.25, 0.3) is 5.65 Å². The number of amides is 1. The molecular weight excluding hydrogens is 438 g/mol. The number of carbonyl (C=O) groups excluding carboxylic acids is 1. The highest BCUT2D eigenvalue weighted by Gasteiger charge is 2.25. The van der Waals surface area contributed by atoms with Gasteiger partial charge in [-0.1, -0.05) is 29.8 Å². The molecule has 2 aromatic heterocycles. The molecule has 1 aliphatic rings. The molecule has 8 heteroatoms. The Hall–Kier alpha value is -3.94. The third kappa shape index (κ3) is 5.11. The Kier molecular flexibility index (Phi) is 6.35. The van der Waals surface area contributed by atoms with Crippen molar-refractivity contribution in [2.45, 2.75) is 39.7 Å².